The van der Waals surface area contributed by atoms with Crippen molar-refractivity contribution in [2.75, 3.05) is 0 Å². The Morgan fingerprint density at radius 3 is 1.36 bits per heavy atom. The van der Waals surface area contributed by atoms with Crippen LogP contribution in [0.3, 0.4) is 0 Å². The summed E-state index contributed by atoms with van der Waals surface area (Å²) in [5.74, 6) is -0.410. The van der Waals surface area contributed by atoms with Crippen molar-refractivity contribution in [3.8, 4) is 11.5 Å². The molecular weight excluding hydrogens is 429 g/mol. The molecular formula is C27H29F3O3. The van der Waals surface area contributed by atoms with Crippen molar-refractivity contribution in [2.45, 2.75) is 57.2 Å². The number of aliphatic hydroxyl groups is 1. The molecule has 0 amide bonds. The average Bonchev–Trinajstić information content (AvgIpc) is 2.73. The topological polar surface area (TPSA) is 60.7 Å². The maximum Gasteiger partial charge on any atom is 0.421 e. The number of alkyl halides is 3. The Kier molecular flexibility index (Phi) is 6.05. The molecule has 3 aromatic carbocycles. The summed E-state index contributed by atoms with van der Waals surface area (Å²) >= 11 is 0. The lowest BCUT2D eigenvalue weighted by Gasteiger charge is -2.32. The molecule has 1 atom stereocenters. The van der Waals surface area contributed by atoms with E-state index in [9.17, 15) is 28.5 Å². The average molecular weight is 459 g/mol. The third-order valence-electron chi connectivity index (χ3n) is 6.71. The van der Waals surface area contributed by atoms with Gasteiger partial charge in [0.25, 0.3) is 0 Å². The molecule has 33 heavy (non-hydrogen) atoms. The van der Waals surface area contributed by atoms with Crippen LogP contribution >= 0.6 is 0 Å². The lowest BCUT2D eigenvalue weighted by Crippen LogP contribution is -2.39. The lowest BCUT2D eigenvalue weighted by atomic mass is 9.74. The number of halogens is 3. The van der Waals surface area contributed by atoms with E-state index in [1.165, 1.54) is 12.1 Å². The fourth-order valence-electron chi connectivity index (χ4n) is 3.98. The molecule has 0 aliphatic rings. The van der Waals surface area contributed by atoms with Gasteiger partial charge in [-0.25, -0.2) is 0 Å². The second kappa shape index (κ2) is 8.10. The normalized spacial score (nSPS) is 14.7. The molecule has 0 aliphatic carbocycles. The van der Waals surface area contributed by atoms with Crippen LogP contribution in [0.4, 0.5) is 13.2 Å². The molecule has 3 nitrogen and oxygen atoms in total. The summed E-state index contributed by atoms with van der Waals surface area (Å²) in [4.78, 5) is 0. The predicted octanol–water partition coefficient (Wildman–Crippen LogP) is 6.52. The number of phenolic OH excluding ortho intramolecular Hbond substituents is 2. The molecule has 6 heteroatoms. The van der Waals surface area contributed by atoms with Crippen molar-refractivity contribution < 1.29 is 28.5 Å². The highest BCUT2D eigenvalue weighted by atomic mass is 19.4. The van der Waals surface area contributed by atoms with E-state index in [1.54, 1.807) is 18.2 Å². The van der Waals surface area contributed by atoms with Gasteiger partial charge in [0.15, 0.2) is 5.60 Å². The van der Waals surface area contributed by atoms with Gasteiger partial charge in [0.2, 0.25) is 0 Å². The molecule has 0 fully saturated rings. The number of rotatable bonds is 5. The summed E-state index contributed by atoms with van der Waals surface area (Å²) in [7, 11) is 0. The second-order valence-corrected chi connectivity index (χ2v) is 9.68. The number of aromatic hydroxyl groups is 2. The first-order valence-electron chi connectivity index (χ1n) is 10.6. The maximum absolute atomic E-state index is 13.4. The van der Waals surface area contributed by atoms with E-state index in [1.807, 2.05) is 50.2 Å². The molecule has 0 saturated carbocycles. The van der Waals surface area contributed by atoms with Crippen molar-refractivity contribution in [2.24, 2.45) is 0 Å². The number of hydrogen-bond donors (Lipinski definition) is 3. The molecule has 0 radical (unpaired) electrons. The van der Waals surface area contributed by atoms with Crippen LogP contribution in [-0.2, 0) is 16.4 Å². The van der Waals surface area contributed by atoms with E-state index < -0.39 is 28.5 Å². The maximum atomic E-state index is 13.4. The van der Waals surface area contributed by atoms with Crippen LogP contribution in [-0.4, -0.2) is 21.5 Å². The van der Waals surface area contributed by atoms with Crippen molar-refractivity contribution >= 4 is 0 Å². The molecule has 0 heterocycles. The molecule has 3 aromatic rings. The number of phenols is 2. The van der Waals surface area contributed by atoms with Gasteiger partial charge in [-0.05, 0) is 53.4 Å². The first-order chi connectivity index (χ1) is 15.1. The van der Waals surface area contributed by atoms with Gasteiger partial charge in [0.1, 0.15) is 11.5 Å². The standard InChI is InChI=1S/C27H29F3O3/c1-24(2,19-10-13-21(31)14-11-19)17-6-8-18(9-7-17)25(3,4)20-12-15-23(32)22(16-20)26(5,33)27(28,29)30/h6-16,31-33H,1-5H3. The highest BCUT2D eigenvalue weighted by Crippen LogP contribution is 2.44. The Morgan fingerprint density at radius 1 is 0.576 bits per heavy atom. The minimum Gasteiger partial charge on any atom is -0.508 e. The van der Waals surface area contributed by atoms with Crippen molar-refractivity contribution in [1.82, 2.24) is 0 Å². The van der Waals surface area contributed by atoms with Gasteiger partial charge in [0, 0.05) is 16.4 Å². The van der Waals surface area contributed by atoms with E-state index >= 15 is 0 Å². The van der Waals surface area contributed by atoms with Gasteiger partial charge in [-0.1, -0.05) is 70.2 Å². The zero-order valence-electron chi connectivity index (χ0n) is 19.3. The lowest BCUT2D eigenvalue weighted by molar-refractivity contribution is -0.259. The Labute approximate surface area is 192 Å². The second-order valence-electron chi connectivity index (χ2n) is 9.68. The highest BCUT2D eigenvalue weighted by molar-refractivity contribution is 5.48. The van der Waals surface area contributed by atoms with Crippen LogP contribution in [0.2, 0.25) is 0 Å². The van der Waals surface area contributed by atoms with Crippen LogP contribution in [0.15, 0.2) is 66.7 Å². The quantitative estimate of drug-likeness (QED) is 0.408. The fourth-order valence-corrected chi connectivity index (χ4v) is 3.98. The van der Waals surface area contributed by atoms with Crippen LogP contribution in [0.5, 0.6) is 11.5 Å². The van der Waals surface area contributed by atoms with E-state index in [2.05, 4.69) is 13.8 Å². The first-order valence-corrected chi connectivity index (χ1v) is 10.6. The molecule has 0 spiro atoms. The van der Waals surface area contributed by atoms with Crippen LogP contribution in [0, 0.1) is 0 Å². The van der Waals surface area contributed by atoms with E-state index in [0.717, 1.165) is 16.7 Å². The number of hydrogen-bond acceptors (Lipinski definition) is 3. The van der Waals surface area contributed by atoms with Crippen LogP contribution in [0.1, 0.15) is 62.4 Å². The fraction of sp³-hybridized carbons (Fsp3) is 0.333. The molecule has 3 rings (SSSR count). The van der Waals surface area contributed by atoms with Gasteiger partial charge in [-0.15, -0.1) is 0 Å². The molecule has 0 saturated heterocycles. The van der Waals surface area contributed by atoms with E-state index in [4.69, 9.17) is 0 Å². The summed E-state index contributed by atoms with van der Waals surface area (Å²) in [6.45, 7) is 8.55. The Hall–Kier alpha value is -2.99. The van der Waals surface area contributed by atoms with Gasteiger partial charge in [-0.3, -0.25) is 0 Å². The minimum absolute atomic E-state index is 0.199. The minimum atomic E-state index is -4.94. The number of benzene rings is 3. The third kappa shape index (κ3) is 4.44. The summed E-state index contributed by atoms with van der Waals surface area (Å²) in [5, 5.41) is 29.7. The van der Waals surface area contributed by atoms with Gasteiger partial charge >= 0.3 is 6.18 Å². The van der Waals surface area contributed by atoms with Crippen molar-refractivity contribution in [3.05, 3.63) is 94.5 Å². The largest absolute Gasteiger partial charge is 0.508 e. The Balaban J connectivity index is 1.99. The molecule has 176 valence electrons. The zero-order valence-corrected chi connectivity index (χ0v) is 19.3. The monoisotopic (exact) mass is 458 g/mol. The smallest absolute Gasteiger partial charge is 0.421 e. The van der Waals surface area contributed by atoms with Gasteiger partial charge in [-0.2, -0.15) is 13.2 Å². The molecule has 0 bridgehead atoms. The van der Waals surface area contributed by atoms with Gasteiger partial charge in [0.05, 0.1) is 0 Å². The highest BCUT2D eigenvalue weighted by Gasteiger charge is 2.52. The Morgan fingerprint density at radius 2 is 0.939 bits per heavy atom. The molecule has 0 aliphatic heterocycles. The summed E-state index contributed by atoms with van der Waals surface area (Å²) in [6.07, 6.45) is -4.94. The third-order valence-corrected chi connectivity index (χ3v) is 6.71. The van der Waals surface area contributed by atoms with Crippen LogP contribution in [0.25, 0.3) is 0 Å². The van der Waals surface area contributed by atoms with Crippen molar-refractivity contribution in [1.29, 1.82) is 0 Å². The van der Waals surface area contributed by atoms with E-state index in [-0.39, 0.29) is 11.2 Å². The van der Waals surface area contributed by atoms with Crippen LogP contribution < -0.4 is 0 Å². The van der Waals surface area contributed by atoms with Gasteiger partial charge < -0.3 is 15.3 Å². The zero-order chi connectivity index (χ0) is 24.8. The van der Waals surface area contributed by atoms with E-state index in [0.29, 0.717) is 12.5 Å². The molecule has 0 aromatic heterocycles. The SMILES string of the molecule is CC(C)(c1ccc(O)cc1)c1ccc(C(C)(C)c2ccc(O)c(C(C)(O)C(F)(F)F)c2)cc1. The molecule has 1 unspecified atom stereocenters. The first kappa shape index (κ1) is 24.6. The molecule has 3 N–H and O–H groups in total. The summed E-state index contributed by atoms with van der Waals surface area (Å²) in [6, 6.07) is 18.9. The predicted molar refractivity (Wildman–Crippen MR) is 123 cm³/mol. The summed E-state index contributed by atoms with van der Waals surface area (Å²) < 4.78 is 40.2. The summed E-state index contributed by atoms with van der Waals surface area (Å²) in [5.41, 5.74) is -1.30. The van der Waals surface area contributed by atoms with Crippen molar-refractivity contribution in [3.63, 3.8) is 0 Å². The Bertz CT molecular complexity index is 1130.